The van der Waals surface area contributed by atoms with E-state index in [-0.39, 0.29) is 92.4 Å². The number of aliphatic hydroxyl groups is 2. The first-order valence-corrected chi connectivity index (χ1v) is 28.0. The number of methoxy groups -OCH3 is 2. The number of ether oxygens (including phenoxy) is 6. The Morgan fingerprint density at radius 2 is 1.61 bits per heavy atom. The number of fused-ring (bicyclic) bond motifs is 3. The zero-order chi connectivity index (χ0) is 52.4. The van der Waals surface area contributed by atoms with Crippen LogP contribution in [0.3, 0.4) is 0 Å². The molecule has 2 unspecified atom stereocenters. The zero-order valence-corrected chi connectivity index (χ0v) is 46.6. The van der Waals surface area contributed by atoms with Crippen molar-refractivity contribution in [1.82, 2.24) is 4.90 Å². The number of ketones is 3. The number of nitrogens with zero attached hydrogens (tertiary/aromatic N) is 1. The van der Waals surface area contributed by atoms with Gasteiger partial charge in [-0.05, 0) is 108 Å². The summed E-state index contributed by atoms with van der Waals surface area (Å²) in [6.45, 7) is 15.8. The molecule has 14 nitrogen and oxygen atoms in total. The number of aliphatic hydroxyl groups excluding tert-OH is 1. The molecule has 71 heavy (non-hydrogen) atoms. The van der Waals surface area contributed by atoms with Crippen LogP contribution in [0.4, 0.5) is 0 Å². The Labute approximate surface area is 438 Å². The lowest BCUT2D eigenvalue weighted by Gasteiger charge is -2.43. The monoisotopic (exact) mass is 1110 g/mol. The minimum atomic E-state index is -2.46. The Morgan fingerprint density at radius 3 is 2.30 bits per heavy atom. The van der Waals surface area contributed by atoms with E-state index in [4.69, 9.17) is 28.4 Å². The Kier molecular flexibility index (Phi) is 25.8. The molecule has 0 radical (unpaired) electrons. The van der Waals surface area contributed by atoms with Crippen molar-refractivity contribution < 1.29 is 62.6 Å². The molecule has 1 saturated carbocycles. The number of allylic oxidation sites excluding steroid dienone is 6. The summed E-state index contributed by atoms with van der Waals surface area (Å²) in [5.41, 5.74) is 1.66. The molecule has 0 aromatic heterocycles. The molecule has 0 aromatic rings. The number of cyclic esters (lactones) is 1. The maximum absolute atomic E-state index is 14.6. The molecule has 3 aliphatic heterocycles. The molecule has 15 atom stereocenters. The number of Topliss-reactive ketones (excluding diaryl/α,β-unsaturated/α-hetero) is 3. The lowest BCUT2D eigenvalue weighted by Crippen LogP contribution is -2.61. The van der Waals surface area contributed by atoms with Gasteiger partial charge in [-0.25, -0.2) is 4.79 Å². The van der Waals surface area contributed by atoms with Gasteiger partial charge in [-0.1, -0.05) is 106 Å². The predicted octanol–water partition coefficient (Wildman–Crippen LogP) is 8.67. The van der Waals surface area contributed by atoms with Crippen molar-refractivity contribution in [2.45, 2.75) is 187 Å². The number of carbonyl (C=O) groups excluding carboxylic acids is 5. The molecule has 2 N–H and O–H groups in total. The molecule has 4 rings (SSSR count). The fourth-order valence-electron chi connectivity index (χ4n) is 10.9. The molecule has 1 aliphatic carbocycles. The quantitative estimate of drug-likeness (QED) is 0.0473. The summed E-state index contributed by atoms with van der Waals surface area (Å²) in [5, 5.41) is 21.7. The summed E-state index contributed by atoms with van der Waals surface area (Å²) in [4.78, 5) is 72.9. The molecule has 1 amide bonds. The normalized spacial score (nSPS) is 38.0. The van der Waals surface area contributed by atoms with E-state index in [1.54, 1.807) is 21.1 Å². The van der Waals surface area contributed by atoms with Gasteiger partial charge in [-0.15, -0.1) is 0 Å². The second-order valence-corrected chi connectivity index (χ2v) is 22.3. The van der Waals surface area contributed by atoms with E-state index in [1.807, 2.05) is 78.0 Å². The van der Waals surface area contributed by atoms with E-state index in [1.165, 1.54) is 4.90 Å². The number of alkyl halides is 1. The minimum Gasteiger partial charge on any atom is -0.460 e. The Morgan fingerprint density at radius 1 is 0.859 bits per heavy atom. The fraction of sp³-hybridized carbons (Fsp3) is 0.768. The van der Waals surface area contributed by atoms with Crippen molar-refractivity contribution in [3.05, 3.63) is 47.6 Å². The van der Waals surface area contributed by atoms with Crippen LogP contribution in [0, 0.1) is 41.4 Å². The molecular formula is C56H88INO13. The SMILES string of the molecule is CO[C@@H]1C[C@H](C[C@@H](C)[C@@H]2CC(=O)[C@H](C)/C=C(\C)[C@@H](C)[C@@H](OC)C(=O)[C@H](C)C[C@H](C)/C=C/C=C/C=C(\C)C(OCCO)C[C@@H]3CC[C@@H](C)C(O)(O3)C(=O)C(=O)N3CCCC[C@H]3C(=O)O2)CC[C@H]1OCCCI. The van der Waals surface area contributed by atoms with Crippen molar-refractivity contribution in [2.24, 2.45) is 41.4 Å². The highest BCUT2D eigenvalue weighted by molar-refractivity contribution is 14.1. The Balaban J connectivity index is 1.70. The van der Waals surface area contributed by atoms with Gasteiger partial charge >= 0.3 is 5.97 Å². The van der Waals surface area contributed by atoms with Crippen molar-refractivity contribution in [3.8, 4) is 0 Å². The van der Waals surface area contributed by atoms with Crippen molar-refractivity contribution >= 4 is 51.8 Å². The van der Waals surface area contributed by atoms with Crippen molar-refractivity contribution in [1.29, 1.82) is 0 Å². The van der Waals surface area contributed by atoms with Crippen LogP contribution >= 0.6 is 22.6 Å². The standard InChI is InChI=1S/C56H88INO13/c1-35-17-12-11-13-18-36(2)48(69-28-26-59)33-44-22-20-41(7)56(65,71-44)53(62)54(63)58-25-15-14-19-45(58)55(64)70-49(39(5)31-43-21-23-47(50(32-43)66-9)68-27-16-24-57)34-46(60)38(4)30-37(3)42(8)52(67-10)51(61)40(6)29-35/h11-13,17-18,30,35,38-45,47-50,52,59,65H,14-16,19-29,31-34H2,1-10H3/b13-11+,17-12+,36-18+,37-30+/t35-,38-,39-,40-,41-,42-,43+,44+,45+,47-,48?,49+,50-,52-,56?/m1/s1. The van der Waals surface area contributed by atoms with Gasteiger partial charge in [0, 0.05) is 68.3 Å². The maximum atomic E-state index is 14.6. The summed E-state index contributed by atoms with van der Waals surface area (Å²) in [6.07, 6.45) is 15.8. The number of carbonyl (C=O) groups is 5. The molecule has 402 valence electrons. The Hall–Kier alpha value is -2.64. The van der Waals surface area contributed by atoms with Crippen LogP contribution in [0.1, 0.15) is 139 Å². The van der Waals surface area contributed by atoms with Gasteiger partial charge in [0.1, 0.15) is 24.0 Å². The summed E-state index contributed by atoms with van der Waals surface area (Å²) >= 11 is 2.35. The predicted molar refractivity (Wildman–Crippen MR) is 282 cm³/mol. The first kappa shape index (κ1) is 60.9. The van der Waals surface area contributed by atoms with E-state index < -0.39 is 65.7 Å². The van der Waals surface area contributed by atoms with Gasteiger partial charge in [0.05, 0.1) is 37.6 Å². The molecule has 3 heterocycles. The van der Waals surface area contributed by atoms with E-state index in [2.05, 4.69) is 29.5 Å². The average molecular weight is 1110 g/mol. The third kappa shape index (κ3) is 17.5. The number of amides is 1. The third-order valence-electron chi connectivity index (χ3n) is 15.6. The molecular weight excluding hydrogens is 1020 g/mol. The minimum absolute atomic E-state index is 0.00496. The van der Waals surface area contributed by atoms with Crippen molar-refractivity contribution in [3.63, 3.8) is 0 Å². The third-order valence-corrected chi connectivity index (χ3v) is 16.4. The second kappa shape index (κ2) is 30.0. The summed E-state index contributed by atoms with van der Waals surface area (Å²) < 4.78 is 37.7. The van der Waals surface area contributed by atoms with Gasteiger partial charge in [0.25, 0.3) is 11.7 Å². The van der Waals surface area contributed by atoms with Crippen LogP contribution in [-0.2, 0) is 52.4 Å². The Bertz CT molecular complexity index is 1870. The number of rotatable bonds is 12. The van der Waals surface area contributed by atoms with E-state index >= 15 is 0 Å². The molecule has 2 bridgehead atoms. The summed E-state index contributed by atoms with van der Waals surface area (Å²) in [7, 11) is 3.25. The highest BCUT2D eigenvalue weighted by Gasteiger charge is 2.53. The fourth-order valence-corrected chi connectivity index (χ4v) is 11.2. The van der Waals surface area contributed by atoms with Crippen LogP contribution in [0.5, 0.6) is 0 Å². The highest BCUT2D eigenvalue weighted by atomic mass is 127. The first-order valence-electron chi connectivity index (χ1n) is 26.5. The topological polar surface area (TPSA) is 184 Å². The van der Waals surface area contributed by atoms with E-state index in [9.17, 15) is 34.2 Å². The van der Waals surface area contributed by atoms with Crippen LogP contribution in [-0.4, -0.2) is 138 Å². The highest BCUT2D eigenvalue weighted by Crippen LogP contribution is 2.38. The van der Waals surface area contributed by atoms with Crippen LogP contribution in [0.15, 0.2) is 47.6 Å². The van der Waals surface area contributed by atoms with Crippen LogP contribution < -0.4 is 0 Å². The second-order valence-electron chi connectivity index (χ2n) is 21.2. The molecule has 3 fully saturated rings. The number of hydrogen-bond donors (Lipinski definition) is 2. The molecule has 0 spiro atoms. The van der Waals surface area contributed by atoms with Gasteiger partial charge in [-0.3, -0.25) is 19.2 Å². The number of esters is 1. The zero-order valence-electron chi connectivity index (χ0n) is 44.5. The van der Waals surface area contributed by atoms with Gasteiger partial charge in [0.15, 0.2) is 5.78 Å². The first-order chi connectivity index (χ1) is 33.8. The largest absolute Gasteiger partial charge is 0.460 e. The molecule has 2 saturated heterocycles. The number of hydrogen-bond acceptors (Lipinski definition) is 13. The number of piperidine rings is 1. The van der Waals surface area contributed by atoms with Crippen molar-refractivity contribution in [2.75, 3.05) is 45.0 Å². The summed E-state index contributed by atoms with van der Waals surface area (Å²) in [5.74, 6) is -7.36. The smallest absolute Gasteiger partial charge is 0.329 e. The van der Waals surface area contributed by atoms with E-state index in [0.29, 0.717) is 45.1 Å². The van der Waals surface area contributed by atoms with Gasteiger partial charge < -0.3 is 43.5 Å². The van der Waals surface area contributed by atoms with Gasteiger partial charge in [-0.2, -0.15) is 0 Å². The number of halogens is 1. The molecule has 0 aromatic carbocycles. The van der Waals surface area contributed by atoms with Crippen LogP contribution in [0.2, 0.25) is 0 Å². The molecule has 4 aliphatic rings. The maximum Gasteiger partial charge on any atom is 0.329 e. The lowest BCUT2D eigenvalue weighted by atomic mass is 9.78. The average Bonchev–Trinajstić information content (AvgIpc) is 3.35. The molecule has 15 heteroatoms. The lowest BCUT2D eigenvalue weighted by molar-refractivity contribution is -0.266. The van der Waals surface area contributed by atoms with Crippen LogP contribution in [0.25, 0.3) is 0 Å². The van der Waals surface area contributed by atoms with E-state index in [0.717, 1.165) is 41.3 Å². The summed E-state index contributed by atoms with van der Waals surface area (Å²) in [6, 6.07) is -1.12. The van der Waals surface area contributed by atoms with Gasteiger partial charge in [0.2, 0.25) is 5.79 Å².